The topological polar surface area (TPSA) is 12.4 Å². The largest absolute Gasteiger partial charge is 0.284 e. The molecule has 0 aliphatic carbocycles. The van der Waals surface area contributed by atoms with E-state index in [0.29, 0.717) is 6.04 Å². The molecular weight excluding hydrogens is 202 g/mol. The van der Waals surface area contributed by atoms with Gasteiger partial charge in [-0.15, -0.1) is 0 Å². The zero-order chi connectivity index (χ0) is 10.1. The third-order valence-corrected chi connectivity index (χ3v) is 3.49. The molecule has 0 radical (unpaired) electrons. The van der Waals surface area contributed by atoms with Gasteiger partial charge in [0.2, 0.25) is 0 Å². The van der Waals surface area contributed by atoms with E-state index < -0.39 is 0 Å². The molecule has 1 nitrogen and oxygen atoms in total. The molecule has 0 amide bonds. The van der Waals surface area contributed by atoms with Crippen LogP contribution >= 0.6 is 11.3 Å². The molecule has 74 valence electrons. The van der Waals surface area contributed by atoms with Gasteiger partial charge in [-0.2, -0.15) is 11.3 Å². The van der Waals surface area contributed by atoms with Crippen molar-refractivity contribution >= 4 is 17.6 Å². The zero-order valence-corrected chi connectivity index (χ0v) is 9.08. The molecule has 0 fully saturated rings. The van der Waals surface area contributed by atoms with Crippen molar-refractivity contribution in [2.45, 2.75) is 12.5 Å². The summed E-state index contributed by atoms with van der Waals surface area (Å²) >= 11 is 1.74. The Labute approximate surface area is 93.1 Å². The summed E-state index contributed by atoms with van der Waals surface area (Å²) in [6.07, 6.45) is 3.03. The minimum atomic E-state index is 0.325. The molecule has 1 aromatic heterocycles. The molecule has 3 rings (SSSR count). The lowest BCUT2D eigenvalue weighted by atomic mass is 9.95. The Bertz CT molecular complexity index is 485. The summed E-state index contributed by atoms with van der Waals surface area (Å²) in [5.41, 5.74) is 4.01. The summed E-state index contributed by atoms with van der Waals surface area (Å²) in [5, 5.41) is 4.31. The minimum Gasteiger partial charge on any atom is -0.284 e. The third-order valence-electron chi connectivity index (χ3n) is 2.79. The van der Waals surface area contributed by atoms with Crippen molar-refractivity contribution in [3.63, 3.8) is 0 Å². The van der Waals surface area contributed by atoms with Crippen LogP contribution in [0.15, 0.2) is 46.1 Å². The highest BCUT2D eigenvalue weighted by Crippen LogP contribution is 2.28. The molecule has 1 aliphatic heterocycles. The van der Waals surface area contributed by atoms with Gasteiger partial charge in [-0.25, -0.2) is 0 Å². The quantitative estimate of drug-likeness (QED) is 0.688. The smallest absolute Gasteiger partial charge is 0.0797 e. The number of fused-ring (bicyclic) bond motifs is 1. The highest BCUT2D eigenvalue weighted by molar-refractivity contribution is 7.07. The number of aliphatic imine (C=N–C) groups is 1. The summed E-state index contributed by atoms with van der Waals surface area (Å²) in [7, 11) is 0. The Balaban J connectivity index is 1.96. The van der Waals surface area contributed by atoms with E-state index in [0.717, 1.165) is 6.42 Å². The first-order valence-electron chi connectivity index (χ1n) is 5.06. The highest BCUT2D eigenvalue weighted by atomic mass is 32.1. The first-order chi connectivity index (χ1) is 7.43. The van der Waals surface area contributed by atoms with Crippen LogP contribution in [-0.4, -0.2) is 6.21 Å². The Hall–Kier alpha value is -1.41. The van der Waals surface area contributed by atoms with Gasteiger partial charge >= 0.3 is 0 Å². The van der Waals surface area contributed by atoms with Crippen molar-refractivity contribution in [1.82, 2.24) is 0 Å². The van der Waals surface area contributed by atoms with E-state index >= 15 is 0 Å². The Morgan fingerprint density at radius 1 is 1.20 bits per heavy atom. The SMILES string of the molecule is C1=NC(c2ccsc2)Cc2ccccc21. The predicted octanol–water partition coefficient (Wildman–Crippen LogP) is 3.46. The van der Waals surface area contributed by atoms with Gasteiger partial charge < -0.3 is 0 Å². The lowest BCUT2D eigenvalue weighted by Crippen LogP contribution is -2.07. The number of nitrogens with zero attached hydrogens (tertiary/aromatic N) is 1. The van der Waals surface area contributed by atoms with Crippen LogP contribution in [0.1, 0.15) is 22.7 Å². The van der Waals surface area contributed by atoms with Crippen molar-refractivity contribution in [3.8, 4) is 0 Å². The van der Waals surface area contributed by atoms with Crippen molar-refractivity contribution in [2.24, 2.45) is 4.99 Å². The van der Waals surface area contributed by atoms with E-state index in [1.807, 2.05) is 6.21 Å². The molecule has 2 heterocycles. The lowest BCUT2D eigenvalue weighted by Gasteiger charge is -2.17. The molecular formula is C13H11NS. The van der Waals surface area contributed by atoms with Gasteiger partial charge in [0, 0.05) is 6.21 Å². The molecule has 1 aromatic carbocycles. The van der Waals surface area contributed by atoms with Gasteiger partial charge in [0.25, 0.3) is 0 Å². The van der Waals surface area contributed by atoms with Gasteiger partial charge in [-0.05, 0) is 39.9 Å². The highest BCUT2D eigenvalue weighted by Gasteiger charge is 2.16. The summed E-state index contributed by atoms with van der Waals surface area (Å²) in [6.45, 7) is 0. The maximum Gasteiger partial charge on any atom is 0.0797 e. The Kier molecular flexibility index (Phi) is 2.14. The van der Waals surface area contributed by atoms with E-state index in [1.165, 1.54) is 16.7 Å². The van der Waals surface area contributed by atoms with E-state index in [1.54, 1.807) is 11.3 Å². The molecule has 0 saturated carbocycles. The molecule has 2 aromatic rings. The number of benzene rings is 1. The third kappa shape index (κ3) is 1.61. The minimum absolute atomic E-state index is 0.325. The van der Waals surface area contributed by atoms with Gasteiger partial charge in [-0.1, -0.05) is 24.3 Å². The van der Waals surface area contributed by atoms with E-state index in [-0.39, 0.29) is 0 Å². The Morgan fingerprint density at radius 2 is 2.13 bits per heavy atom. The maximum absolute atomic E-state index is 4.59. The van der Waals surface area contributed by atoms with Crippen molar-refractivity contribution in [2.75, 3.05) is 0 Å². The first-order valence-corrected chi connectivity index (χ1v) is 6.01. The standard InChI is InChI=1S/C13H11NS/c1-2-4-11-8-14-13(7-10(11)3-1)12-5-6-15-9-12/h1-6,8-9,13H,7H2. The molecule has 0 saturated heterocycles. The fourth-order valence-corrected chi connectivity index (χ4v) is 2.65. The van der Waals surface area contributed by atoms with E-state index in [4.69, 9.17) is 0 Å². The molecule has 1 unspecified atom stereocenters. The number of hydrogen-bond acceptors (Lipinski definition) is 2. The average Bonchev–Trinajstić information content (AvgIpc) is 2.82. The lowest BCUT2D eigenvalue weighted by molar-refractivity contribution is 0.720. The summed E-state index contributed by atoms with van der Waals surface area (Å²) in [6, 6.07) is 11.0. The van der Waals surface area contributed by atoms with E-state index in [2.05, 4.69) is 46.1 Å². The molecule has 1 atom stereocenters. The van der Waals surface area contributed by atoms with Crippen molar-refractivity contribution in [1.29, 1.82) is 0 Å². The second-order valence-electron chi connectivity index (χ2n) is 3.75. The monoisotopic (exact) mass is 213 g/mol. The van der Waals surface area contributed by atoms with Gasteiger partial charge in [0.15, 0.2) is 0 Å². The predicted molar refractivity (Wildman–Crippen MR) is 64.8 cm³/mol. The average molecular weight is 213 g/mol. The fraction of sp³-hybridized carbons (Fsp3) is 0.154. The van der Waals surface area contributed by atoms with Crippen LogP contribution in [0.2, 0.25) is 0 Å². The van der Waals surface area contributed by atoms with Crippen molar-refractivity contribution < 1.29 is 0 Å². The molecule has 1 aliphatic rings. The van der Waals surface area contributed by atoms with Gasteiger partial charge in [0.1, 0.15) is 0 Å². The fourth-order valence-electron chi connectivity index (χ4n) is 1.95. The summed E-state index contributed by atoms with van der Waals surface area (Å²) in [4.78, 5) is 4.59. The van der Waals surface area contributed by atoms with Crippen LogP contribution in [0.4, 0.5) is 0 Å². The van der Waals surface area contributed by atoms with Crippen LogP contribution in [0.25, 0.3) is 0 Å². The molecule has 2 heteroatoms. The molecule has 0 N–H and O–H groups in total. The van der Waals surface area contributed by atoms with Crippen LogP contribution < -0.4 is 0 Å². The summed E-state index contributed by atoms with van der Waals surface area (Å²) in [5.74, 6) is 0. The molecule has 0 bridgehead atoms. The maximum atomic E-state index is 4.59. The van der Waals surface area contributed by atoms with Crippen LogP contribution in [0.5, 0.6) is 0 Å². The van der Waals surface area contributed by atoms with Crippen LogP contribution in [0.3, 0.4) is 0 Å². The second kappa shape index (κ2) is 3.63. The zero-order valence-electron chi connectivity index (χ0n) is 8.26. The molecule has 15 heavy (non-hydrogen) atoms. The summed E-state index contributed by atoms with van der Waals surface area (Å²) < 4.78 is 0. The van der Waals surface area contributed by atoms with Crippen molar-refractivity contribution in [3.05, 3.63) is 57.8 Å². The number of rotatable bonds is 1. The number of thiophene rings is 1. The first kappa shape index (κ1) is 8.86. The van der Waals surface area contributed by atoms with E-state index in [9.17, 15) is 0 Å². The molecule has 0 spiro atoms. The second-order valence-corrected chi connectivity index (χ2v) is 4.53. The normalized spacial score (nSPS) is 18.8. The van der Waals surface area contributed by atoms with Crippen LogP contribution in [0, 0.1) is 0 Å². The van der Waals surface area contributed by atoms with Gasteiger partial charge in [0.05, 0.1) is 6.04 Å². The number of hydrogen-bond donors (Lipinski definition) is 0. The van der Waals surface area contributed by atoms with Gasteiger partial charge in [-0.3, -0.25) is 4.99 Å². The van der Waals surface area contributed by atoms with Crippen LogP contribution in [-0.2, 0) is 6.42 Å². The Morgan fingerprint density at radius 3 is 3.00 bits per heavy atom.